The van der Waals surface area contributed by atoms with E-state index in [9.17, 15) is 4.79 Å². The second-order valence-electron chi connectivity index (χ2n) is 4.14. The zero-order valence-corrected chi connectivity index (χ0v) is 11.9. The molecule has 104 valence electrons. The Labute approximate surface area is 122 Å². The number of ether oxygens (including phenoxy) is 2. The van der Waals surface area contributed by atoms with E-state index >= 15 is 0 Å². The van der Waals surface area contributed by atoms with Crippen LogP contribution >= 0.6 is 11.6 Å². The summed E-state index contributed by atoms with van der Waals surface area (Å²) >= 11 is 5.88. The van der Waals surface area contributed by atoms with E-state index in [1.165, 1.54) is 7.11 Å². The van der Waals surface area contributed by atoms with Gasteiger partial charge in [0.05, 0.1) is 7.11 Å². The van der Waals surface area contributed by atoms with Gasteiger partial charge in [0.15, 0.2) is 11.8 Å². The molecule has 0 fully saturated rings. The zero-order valence-electron chi connectivity index (χ0n) is 11.2. The van der Waals surface area contributed by atoms with Crippen LogP contribution in [-0.4, -0.2) is 24.0 Å². The molecule has 2 rings (SSSR count). The van der Waals surface area contributed by atoms with Crippen LogP contribution in [0.5, 0.6) is 11.5 Å². The minimum atomic E-state index is -0.683. The van der Waals surface area contributed by atoms with Gasteiger partial charge in [-0.15, -0.1) is 0 Å². The van der Waals surface area contributed by atoms with Crippen molar-refractivity contribution in [2.45, 2.75) is 13.0 Å². The predicted molar refractivity (Wildman–Crippen MR) is 76.7 cm³/mol. The Morgan fingerprint density at radius 3 is 2.80 bits per heavy atom. The van der Waals surface area contributed by atoms with E-state index in [1.54, 1.807) is 49.5 Å². The number of aromatic nitrogens is 1. The molecule has 4 nitrogen and oxygen atoms in total. The molecular formula is C15H14ClNO3. The Hall–Kier alpha value is -2.07. The van der Waals surface area contributed by atoms with Gasteiger partial charge in [0, 0.05) is 11.2 Å². The predicted octanol–water partition coefficient (Wildman–Crippen LogP) is 3.39. The molecule has 0 radical (unpaired) electrons. The third-order valence-electron chi connectivity index (χ3n) is 2.70. The summed E-state index contributed by atoms with van der Waals surface area (Å²) in [6, 6.07) is 10.3. The molecule has 1 atom stereocenters. The minimum absolute atomic E-state index is 0.248. The van der Waals surface area contributed by atoms with Gasteiger partial charge < -0.3 is 9.47 Å². The lowest BCUT2D eigenvalue weighted by atomic mass is 10.1. The van der Waals surface area contributed by atoms with Crippen LogP contribution in [0.15, 0.2) is 42.6 Å². The van der Waals surface area contributed by atoms with Crippen LogP contribution in [0.1, 0.15) is 17.4 Å². The maximum Gasteiger partial charge on any atom is 0.225 e. The third kappa shape index (κ3) is 3.27. The first-order chi connectivity index (χ1) is 9.61. The molecule has 1 unspecified atom stereocenters. The lowest BCUT2D eigenvalue weighted by Crippen LogP contribution is -2.25. The van der Waals surface area contributed by atoms with Gasteiger partial charge in [0.1, 0.15) is 11.5 Å². The van der Waals surface area contributed by atoms with Crippen molar-refractivity contribution in [3.8, 4) is 11.5 Å². The number of benzene rings is 1. The van der Waals surface area contributed by atoms with Gasteiger partial charge in [0.25, 0.3) is 0 Å². The fourth-order valence-corrected chi connectivity index (χ4v) is 1.91. The maximum absolute atomic E-state index is 12.3. The third-order valence-corrected chi connectivity index (χ3v) is 2.94. The number of hydrogen-bond acceptors (Lipinski definition) is 4. The second-order valence-corrected chi connectivity index (χ2v) is 4.57. The molecule has 2 aromatic rings. The van der Waals surface area contributed by atoms with E-state index in [4.69, 9.17) is 21.1 Å². The van der Waals surface area contributed by atoms with Crippen LogP contribution in [-0.2, 0) is 0 Å². The Bertz CT molecular complexity index is 616. The zero-order chi connectivity index (χ0) is 14.5. The second kappa shape index (κ2) is 6.39. The van der Waals surface area contributed by atoms with Crippen LogP contribution in [0.4, 0.5) is 0 Å². The van der Waals surface area contributed by atoms with Crippen molar-refractivity contribution in [2.24, 2.45) is 0 Å². The number of nitrogens with zero attached hydrogens (tertiary/aromatic N) is 1. The maximum atomic E-state index is 12.3. The Balaban J connectivity index is 2.16. The molecule has 1 aromatic heterocycles. The number of carbonyl (C=O) groups is 1. The largest absolute Gasteiger partial charge is 0.494 e. The highest BCUT2D eigenvalue weighted by Gasteiger charge is 2.21. The van der Waals surface area contributed by atoms with Crippen LogP contribution < -0.4 is 9.47 Å². The van der Waals surface area contributed by atoms with E-state index in [2.05, 4.69) is 4.98 Å². The quantitative estimate of drug-likeness (QED) is 0.792. The highest BCUT2D eigenvalue weighted by atomic mass is 35.5. The highest BCUT2D eigenvalue weighted by Crippen LogP contribution is 2.21. The summed E-state index contributed by atoms with van der Waals surface area (Å²) < 4.78 is 10.7. The van der Waals surface area contributed by atoms with E-state index < -0.39 is 6.10 Å². The summed E-state index contributed by atoms with van der Waals surface area (Å²) in [5.41, 5.74) is 0.254. The molecule has 0 bridgehead atoms. The number of rotatable bonds is 5. The fourth-order valence-electron chi connectivity index (χ4n) is 1.73. The monoisotopic (exact) mass is 291 g/mol. The molecule has 0 amide bonds. The van der Waals surface area contributed by atoms with Crippen LogP contribution in [0.25, 0.3) is 0 Å². The lowest BCUT2D eigenvalue weighted by Gasteiger charge is -2.14. The van der Waals surface area contributed by atoms with Crippen molar-refractivity contribution >= 4 is 17.4 Å². The molecule has 0 N–H and O–H groups in total. The fraction of sp³-hybridized carbons (Fsp3) is 0.200. The van der Waals surface area contributed by atoms with E-state index in [-0.39, 0.29) is 11.5 Å². The molecule has 0 saturated carbocycles. The molecular weight excluding hydrogens is 278 g/mol. The molecule has 0 aliphatic carbocycles. The van der Waals surface area contributed by atoms with Crippen molar-refractivity contribution < 1.29 is 14.3 Å². The number of hydrogen-bond donors (Lipinski definition) is 0. The van der Waals surface area contributed by atoms with Gasteiger partial charge in [-0.1, -0.05) is 17.7 Å². The average molecular weight is 292 g/mol. The van der Waals surface area contributed by atoms with Crippen molar-refractivity contribution in [2.75, 3.05) is 7.11 Å². The van der Waals surface area contributed by atoms with E-state index in [1.807, 2.05) is 0 Å². The Kier molecular flexibility index (Phi) is 4.58. The lowest BCUT2D eigenvalue weighted by molar-refractivity contribution is 0.0809. The number of pyridine rings is 1. The number of carbonyl (C=O) groups excluding carboxylic acids is 1. The minimum Gasteiger partial charge on any atom is -0.494 e. The van der Waals surface area contributed by atoms with Crippen molar-refractivity contribution in [1.82, 2.24) is 4.98 Å². The van der Waals surface area contributed by atoms with Crippen LogP contribution in [0.3, 0.4) is 0 Å². The Morgan fingerprint density at radius 2 is 2.10 bits per heavy atom. The van der Waals surface area contributed by atoms with E-state index in [0.29, 0.717) is 16.5 Å². The molecule has 0 spiro atoms. The SMILES string of the molecule is COc1cccnc1C(=O)C(C)Oc1cccc(Cl)c1. The molecule has 0 saturated heterocycles. The molecule has 5 heteroatoms. The Morgan fingerprint density at radius 1 is 1.30 bits per heavy atom. The first kappa shape index (κ1) is 14.3. The first-order valence-electron chi connectivity index (χ1n) is 6.07. The summed E-state index contributed by atoms with van der Waals surface area (Å²) in [7, 11) is 1.50. The van der Waals surface area contributed by atoms with Crippen molar-refractivity contribution in [1.29, 1.82) is 0 Å². The van der Waals surface area contributed by atoms with Gasteiger partial charge in [-0.2, -0.15) is 0 Å². The van der Waals surface area contributed by atoms with Gasteiger partial charge in [0.2, 0.25) is 5.78 Å². The summed E-state index contributed by atoms with van der Waals surface area (Å²) in [5.74, 6) is 0.717. The molecule has 0 aliphatic heterocycles. The smallest absolute Gasteiger partial charge is 0.225 e. The molecule has 1 heterocycles. The number of Topliss-reactive ketones (excluding diaryl/α,β-unsaturated/α-hetero) is 1. The standard InChI is InChI=1S/C15H14ClNO3/c1-10(20-12-6-3-5-11(16)9-12)15(18)14-13(19-2)7-4-8-17-14/h3-10H,1-2H3. The number of halogens is 1. The van der Waals surface area contributed by atoms with Gasteiger partial charge in [-0.05, 0) is 37.3 Å². The van der Waals surface area contributed by atoms with Gasteiger partial charge in [-0.3, -0.25) is 4.79 Å². The summed E-state index contributed by atoms with van der Waals surface area (Å²) in [6.07, 6.45) is 0.860. The molecule has 1 aromatic carbocycles. The first-order valence-corrected chi connectivity index (χ1v) is 6.45. The van der Waals surface area contributed by atoms with Gasteiger partial charge in [-0.25, -0.2) is 4.98 Å². The molecule has 20 heavy (non-hydrogen) atoms. The average Bonchev–Trinajstić information content (AvgIpc) is 2.46. The number of ketones is 1. The van der Waals surface area contributed by atoms with Gasteiger partial charge >= 0.3 is 0 Å². The normalized spacial score (nSPS) is 11.8. The highest BCUT2D eigenvalue weighted by molar-refractivity contribution is 6.30. The summed E-state index contributed by atoms with van der Waals surface area (Å²) in [4.78, 5) is 16.4. The number of methoxy groups -OCH3 is 1. The van der Waals surface area contributed by atoms with Crippen molar-refractivity contribution in [3.63, 3.8) is 0 Å². The van der Waals surface area contributed by atoms with Crippen LogP contribution in [0, 0.1) is 0 Å². The summed E-state index contributed by atoms with van der Waals surface area (Å²) in [5, 5.41) is 0.553. The van der Waals surface area contributed by atoms with E-state index in [0.717, 1.165) is 0 Å². The molecule has 0 aliphatic rings. The van der Waals surface area contributed by atoms with Crippen LogP contribution in [0.2, 0.25) is 5.02 Å². The van der Waals surface area contributed by atoms with Crippen molar-refractivity contribution in [3.05, 3.63) is 53.3 Å². The topological polar surface area (TPSA) is 48.4 Å². The summed E-state index contributed by atoms with van der Waals surface area (Å²) in [6.45, 7) is 1.66.